The van der Waals surface area contributed by atoms with Gasteiger partial charge in [-0.1, -0.05) is 0 Å². The summed E-state index contributed by atoms with van der Waals surface area (Å²) >= 11 is 0. The Morgan fingerprint density at radius 1 is 1.03 bits per heavy atom. The minimum atomic E-state index is -2.72. The maximum Gasteiger partial charge on any atom is 0.256 e. The van der Waals surface area contributed by atoms with Crippen molar-refractivity contribution in [3.63, 3.8) is 0 Å². The summed E-state index contributed by atoms with van der Waals surface area (Å²) in [5.41, 5.74) is 1.28. The van der Waals surface area contributed by atoms with Crippen LogP contribution in [0.3, 0.4) is 0 Å². The lowest BCUT2D eigenvalue weighted by molar-refractivity contribution is 0.0462. The average Bonchev–Trinajstić information content (AvgIpc) is 3.09. The molecule has 0 radical (unpaired) electrons. The zero-order chi connectivity index (χ0) is 20.7. The zero-order valence-corrected chi connectivity index (χ0v) is 15.5. The Hall–Kier alpha value is -3.30. The number of rotatable bonds is 2. The van der Waals surface area contributed by atoms with Crippen LogP contribution >= 0.6 is 0 Å². The van der Waals surface area contributed by atoms with Crippen molar-refractivity contribution < 1.29 is 17.6 Å². The number of halogens is 4. The van der Waals surface area contributed by atoms with E-state index in [1.807, 2.05) is 0 Å². The highest BCUT2D eigenvalue weighted by Gasteiger charge is 2.71. The van der Waals surface area contributed by atoms with Crippen molar-refractivity contribution >= 4 is 11.0 Å². The minimum Gasteiger partial charge on any atom is -0.267 e. The molecule has 10 heteroatoms. The van der Waals surface area contributed by atoms with E-state index in [-0.39, 0.29) is 24.9 Å². The lowest BCUT2D eigenvalue weighted by Crippen LogP contribution is -2.27. The van der Waals surface area contributed by atoms with Gasteiger partial charge in [0, 0.05) is 28.6 Å². The van der Waals surface area contributed by atoms with Crippen LogP contribution < -0.4 is 0 Å². The summed E-state index contributed by atoms with van der Waals surface area (Å²) in [5, 5.41) is 11.6. The molecule has 6 rings (SSSR count). The normalized spacial score (nSPS) is 21.9. The number of aromatic nitrogens is 6. The highest BCUT2D eigenvalue weighted by Crippen LogP contribution is 2.65. The molecule has 0 bridgehead atoms. The number of nitrogens with zero attached hydrogens (tertiary/aromatic N) is 5. The van der Waals surface area contributed by atoms with Gasteiger partial charge in [-0.2, -0.15) is 10.2 Å². The number of hydrogen-bond donors (Lipinski definition) is 1. The molecule has 0 amide bonds. The second kappa shape index (κ2) is 5.65. The highest BCUT2D eigenvalue weighted by atomic mass is 19.3. The van der Waals surface area contributed by atoms with E-state index >= 15 is 4.39 Å². The van der Waals surface area contributed by atoms with Crippen LogP contribution in [0.2, 0.25) is 0 Å². The number of H-pyrrole nitrogens is 1. The van der Waals surface area contributed by atoms with Gasteiger partial charge in [-0.15, -0.1) is 0 Å². The predicted octanol–water partition coefficient (Wildman–Crippen LogP) is 4.13. The van der Waals surface area contributed by atoms with E-state index in [0.29, 0.717) is 40.1 Å². The van der Waals surface area contributed by atoms with Gasteiger partial charge in [0.15, 0.2) is 5.65 Å². The number of pyridine rings is 2. The average molecular weight is 414 g/mol. The SMILES string of the molecule is Fc1ccc(-c2nn3c(c2-c2c(F)cnc4[nH]ncc24)CCC2(C3)CC2(F)F)nc1. The molecule has 6 nitrogen and oxygen atoms in total. The van der Waals surface area contributed by atoms with E-state index < -0.39 is 23.0 Å². The van der Waals surface area contributed by atoms with Gasteiger partial charge in [0.05, 0.1) is 36.2 Å². The van der Waals surface area contributed by atoms with E-state index in [0.717, 1.165) is 12.4 Å². The van der Waals surface area contributed by atoms with Gasteiger partial charge >= 0.3 is 0 Å². The fourth-order valence-corrected chi connectivity index (χ4v) is 4.52. The van der Waals surface area contributed by atoms with Gasteiger partial charge in [0.1, 0.15) is 17.3 Å². The molecular formula is C20H14F4N6. The molecule has 4 aromatic rings. The fraction of sp³-hybridized carbons (Fsp3) is 0.300. The van der Waals surface area contributed by atoms with Crippen molar-refractivity contribution in [1.82, 2.24) is 29.9 Å². The summed E-state index contributed by atoms with van der Waals surface area (Å²) in [6.07, 6.45) is 4.03. The van der Waals surface area contributed by atoms with Crippen molar-refractivity contribution in [2.24, 2.45) is 5.41 Å². The van der Waals surface area contributed by atoms with E-state index in [1.54, 1.807) is 0 Å². The van der Waals surface area contributed by atoms with Crippen LogP contribution in [0.4, 0.5) is 17.6 Å². The molecule has 5 heterocycles. The Bertz CT molecular complexity index is 1310. The molecule has 1 N–H and O–H groups in total. The Morgan fingerprint density at radius 3 is 2.60 bits per heavy atom. The molecule has 1 unspecified atom stereocenters. The number of aromatic amines is 1. The number of nitrogens with one attached hydrogen (secondary N) is 1. The summed E-state index contributed by atoms with van der Waals surface area (Å²) in [7, 11) is 0. The van der Waals surface area contributed by atoms with Crippen LogP contribution in [0.1, 0.15) is 18.5 Å². The molecule has 1 aliphatic carbocycles. The molecule has 1 fully saturated rings. The maximum atomic E-state index is 15.0. The standard InChI is InChI=1S/C20H14F4N6/c21-10-1-2-13(25-5-10)17-16(15-11-6-27-28-18(11)26-7-12(15)22)14-3-4-19(8-20(19,23)24)9-30(14)29-17/h1-2,5-7H,3-4,8-9H2,(H,26,27,28). The second-order valence-corrected chi connectivity index (χ2v) is 7.96. The lowest BCUT2D eigenvalue weighted by Gasteiger charge is -2.24. The largest absolute Gasteiger partial charge is 0.267 e. The minimum absolute atomic E-state index is 0.0464. The Kier molecular flexibility index (Phi) is 3.30. The fourth-order valence-electron chi connectivity index (χ4n) is 4.52. The number of fused-ring (bicyclic) bond motifs is 2. The van der Waals surface area contributed by atoms with Gasteiger partial charge in [0.2, 0.25) is 0 Å². The Balaban J connectivity index is 1.62. The molecule has 1 atom stereocenters. The van der Waals surface area contributed by atoms with Crippen molar-refractivity contribution in [2.45, 2.75) is 31.7 Å². The molecule has 0 saturated heterocycles. The molecule has 4 aromatic heterocycles. The number of hydrogen-bond acceptors (Lipinski definition) is 4. The smallest absolute Gasteiger partial charge is 0.256 e. The van der Waals surface area contributed by atoms with Crippen LogP contribution in [-0.4, -0.2) is 35.9 Å². The first-order valence-corrected chi connectivity index (χ1v) is 9.46. The van der Waals surface area contributed by atoms with Crippen LogP contribution in [0.5, 0.6) is 0 Å². The first kappa shape index (κ1) is 17.5. The molecular weight excluding hydrogens is 400 g/mol. The molecule has 2 aliphatic rings. The molecule has 30 heavy (non-hydrogen) atoms. The third-order valence-corrected chi connectivity index (χ3v) is 6.22. The molecule has 1 spiro atoms. The number of alkyl halides is 2. The molecule has 1 aliphatic heterocycles. The molecule has 0 aromatic carbocycles. The van der Waals surface area contributed by atoms with Crippen LogP contribution in [-0.2, 0) is 13.0 Å². The summed E-state index contributed by atoms with van der Waals surface area (Å²) in [6, 6.07) is 2.68. The Morgan fingerprint density at radius 2 is 1.87 bits per heavy atom. The monoisotopic (exact) mass is 414 g/mol. The quantitative estimate of drug-likeness (QED) is 0.501. The lowest BCUT2D eigenvalue weighted by atomic mass is 9.90. The molecule has 1 saturated carbocycles. The van der Waals surface area contributed by atoms with E-state index in [1.165, 1.54) is 23.0 Å². The van der Waals surface area contributed by atoms with E-state index in [2.05, 4.69) is 25.3 Å². The van der Waals surface area contributed by atoms with E-state index in [4.69, 9.17) is 0 Å². The van der Waals surface area contributed by atoms with Gasteiger partial charge in [-0.3, -0.25) is 14.8 Å². The summed E-state index contributed by atoms with van der Waals surface area (Å²) in [5.74, 6) is -3.82. The first-order chi connectivity index (χ1) is 14.4. The summed E-state index contributed by atoms with van der Waals surface area (Å²) < 4.78 is 58.0. The van der Waals surface area contributed by atoms with Crippen LogP contribution in [0.25, 0.3) is 33.5 Å². The molecule has 152 valence electrons. The highest BCUT2D eigenvalue weighted by molar-refractivity contribution is 5.97. The predicted molar refractivity (Wildman–Crippen MR) is 98.6 cm³/mol. The van der Waals surface area contributed by atoms with Crippen molar-refractivity contribution in [1.29, 1.82) is 0 Å². The van der Waals surface area contributed by atoms with Gasteiger partial charge in [-0.05, 0) is 25.0 Å². The summed E-state index contributed by atoms with van der Waals surface area (Å²) in [6.45, 7) is 0.0464. The third kappa shape index (κ3) is 2.30. The van der Waals surface area contributed by atoms with Crippen molar-refractivity contribution in [2.75, 3.05) is 0 Å². The first-order valence-electron chi connectivity index (χ1n) is 9.46. The Labute approximate surface area is 167 Å². The van der Waals surface area contributed by atoms with Gasteiger partial charge < -0.3 is 0 Å². The van der Waals surface area contributed by atoms with Crippen LogP contribution in [0, 0.1) is 17.0 Å². The maximum absolute atomic E-state index is 15.0. The van der Waals surface area contributed by atoms with Crippen LogP contribution in [0.15, 0.2) is 30.7 Å². The van der Waals surface area contributed by atoms with E-state index in [9.17, 15) is 13.2 Å². The topological polar surface area (TPSA) is 72.3 Å². The van der Waals surface area contributed by atoms with Gasteiger partial charge in [0.25, 0.3) is 5.92 Å². The van der Waals surface area contributed by atoms with Gasteiger partial charge in [-0.25, -0.2) is 22.5 Å². The van der Waals surface area contributed by atoms with Crippen molar-refractivity contribution in [3.8, 4) is 22.5 Å². The zero-order valence-electron chi connectivity index (χ0n) is 15.5. The third-order valence-electron chi connectivity index (χ3n) is 6.22. The summed E-state index contributed by atoms with van der Waals surface area (Å²) in [4.78, 5) is 8.10. The second-order valence-electron chi connectivity index (χ2n) is 7.96. The van der Waals surface area contributed by atoms with Crippen molar-refractivity contribution in [3.05, 3.63) is 48.1 Å².